The lowest BCUT2D eigenvalue weighted by atomic mass is 10.2. The summed E-state index contributed by atoms with van der Waals surface area (Å²) >= 11 is 0. The van der Waals surface area contributed by atoms with Gasteiger partial charge in [-0.05, 0) is 6.42 Å². The van der Waals surface area contributed by atoms with Crippen LogP contribution in [0.3, 0.4) is 0 Å². The molecule has 3 N–H and O–H groups in total. The Labute approximate surface area is 99.5 Å². The second-order valence-electron chi connectivity index (χ2n) is 3.50. The van der Waals surface area contributed by atoms with Crippen LogP contribution in [0.2, 0.25) is 0 Å². The number of hydrogen-bond acceptors (Lipinski definition) is 4. The van der Waals surface area contributed by atoms with Gasteiger partial charge in [-0.2, -0.15) is 0 Å². The molecule has 0 aliphatic rings. The van der Waals surface area contributed by atoms with E-state index in [1.54, 1.807) is 0 Å². The number of methoxy groups -OCH3 is 1. The number of rotatable bonds is 8. The highest BCUT2D eigenvalue weighted by Crippen LogP contribution is 1.89. The van der Waals surface area contributed by atoms with Crippen molar-refractivity contribution in [2.75, 3.05) is 20.3 Å². The number of carboxylic acid groups (broad SMARTS) is 1. The molecule has 0 saturated heterocycles. The highest BCUT2D eigenvalue weighted by atomic mass is 16.5. The molecule has 0 saturated carbocycles. The molecule has 2 amide bonds. The van der Waals surface area contributed by atoms with E-state index in [0.717, 1.165) is 0 Å². The number of hydrogen-bond donors (Lipinski definition) is 3. The summed E-state index contributed by atoms with van der Waals surface area (Å²) in [5.41, 5.74) is 0. The SMILES string of the molecule is COC[C@@H](NC(C)=O)C(=O)NCCCC(=O)O. The van der Waals surface area contributed by atoms with Crippen LogP contribution in [0.4, 0.5) is 0 Å². The fraction of sp³-hybridized carbons (Fsp3) is 0.700. The molecule has 0 heterocycles. The van der Waals surface area contributed by atoms with Crippen molar-refractivity contribution in [3.8, 4) is 0 Å². The first-order chi connectivity index (χ1) is 7.97. The number of carbonyl (C=O) groups is 3. The predicted octanol–water partition coefficient (Wildman–Crippen LogP) is -0.881. The third kappa shape index (κ3) is 8.21. The maximum Gasteiger partial charge on any atom is 0.303 e. The molecule has 0 aromatic heterocycles. The number of nitrogens with one attached hydrogen (secondary N) is 2. The summed E-state index contributed by atoms with van der Waals surface area (Å²) in [4.78, 5) is 32.6. The van der Waals surface area contributed by atoms with Gasteiger partial charge < -0.3 is 20.5 Å². The summed E-state index contributed by atoms with van der Waals surface area (Å²) in [5.74, 6) is -1.62. The van der Waals surface area contributed by atoms with Gasteiger partial charge in [0, 0.05) is 27.0 Å². The topological polar surface area (TPSA) is 105 Å². The van der Waals surface area contributed by atoms with Crippen LogP contribution in [0, 0.1) is 0 Å². The number of ether oxygens (including phenoxy) is 1. The summed E-state index contributed by atoms with van der Waals surface area (Å²) in [6.07, 6.45) is 0.343. The molecule has 17 heavy (non-hydrogen) atoms. The zero-order valence-corrected chi connectivity index (χ0v) is 9.99. The molecule has 0 rings (SSSR count). The zero-order valence-electron chi connectivity index (χ0n) is 9.99. The predicted molar refractivity (Wildman–Crippen MR) is 59.4 cm³/mol. The molecule has 98 valence electrons. The van der Waals surface area contributed by atoms with Crippen molar-refractivity contribution in [1.82, 2.24) is 10.6 Å². The van der Waals surface area contributed by atoms with Crippen LogP contribution in [0.15, 0.2) is 0 Å². The second-order valence-corrected chi connectivity index (χ2v) is 3.50. The minimum atomic E-state index is -0.908. The summed E-state index contributed by atoms with van der Waals surface area (Å²) in [6.45, 7) is 1.63. The lowest BCUT2D eigenvalue weighted by Crippen LogP contribution is -2.48. The molecular formula is C10H18N2O5. The van der Waals surface area contributed by atoms with Crippen molar-refractivity contribution in [3.63, 3.8) is 0 Å². The number of carboxylic acids is 1. The van der Waals surface area contributed by atoms with Crippen molar-refractivity contribution >= 4 is 17.8 Å². The Balaban J connectivity index is 3.96. The number of carbonyl (C=O) groups excluding carboxylic acids is 2. The van der Waals surface area contributed by atoms with E-state index in [2.05, 4.69) is 10.6 Å². The fourth-order valence-corrected chi connectivity index (χ4v) is 1.17. The Morgan fingerprint density at radius 2 is 2.00 bits per heavy atom. The molecule has 1 atom stereocenters. The average molecular weight is 246 g/mol. The molecule has 0 radical (unpaired) electrons. The summed E-state index contributed by atoms with van der Waals surface area (Å²) in [7, 11) is 1.42. The Morgan fingerprint density at radius 3 is 2.47 bits per heavy atom. The summed E-state index contributed by atoms with van der Waals surface area (Å²) in [6, 6.07) is -0.748. The Hall–Kier alpha value is -1.63. The lowest BCUT2D eigenvalue weighted by Gasteiger charge is -2.16. The second kappa shape index (κ2) is 8.51. The summed E-state index contributed by atoms with van der Waals surface area (Å²) in [5, 5.41) is 13.4. The molecule has 0 fully saturated rings. The van der Waals surface area contributed by atoms with Gasteiger partial charge in [0.2, 0.25) is 11.8 Å². The Morgan fingerprint density at radius 1 is 1.35 bits per heavy atom. The minimum Gasteiger partial charge on any atom is -0.481 e. The van der Waals surface area contributed by atoms with Gasteiger partial charge in [0.25, 0.3) is 0 Å². The van der Waals surface area contributed by atoms with E-state index in [9.17, 15) is 14.4 Å². The molecular weight excluding hydrogens is 228 g/mol. The van der Waals surface area contributed by atoms with Crippen molar-refractivity contribution in [2.45, 2.75) is 25.8 Å². The van der Waals surface area contributed by atoms with Crippen molar-refractivity contribution in [2.24, 2.45) is 0 Å². The number of aliphatic carboxylic acids is 1. The van der Waals surface area contributed by atoms with E-state index in [-0.39, 0.29) is 31.4 Å². The van der Waals surface area contributed by atoms with Crippen LogP contribution in [0.5, 0.6) is 0 Å². The van der Waals surface area contributed by atoms with Gasteiger partial charge >= 0.3 is 5.97 Å². The number of amides is 2. The molecule has 0 aromatic rings. The largest absolute Gasteiger partial charge is 0.481 e. The van der Waals surface area contributed by atoms with E-state index < -0.39 is 12.0 Å². The standard InChI is InChI=1S/C10H18N2O5/c1-7(13)12-8(6-17-2)10(16)11-5-3-4-9(14)15/h8H,3-6H2,1-2H3,(H,11,16)(H,12,13)(H,14,15)/t8-/m1/s1. The van der Waals surface area contributed by atoms with Crippen LogP contribution in [-0.2, 0) is 19.1 Å². The van der Waals surface area contributed by atoms with Gasteiger partial charge in [-0.25, -0.2) is 0 Å². The maximum atomic E-state index is 11.6. The van der Waals surface area contributed by atoms with Gasteiger partial charge in [0.1, 0.15) is 6.04 Å². The van der Waals surface area contributed by atoms with E-state index >= 15 is 0 Å². The molecule has 0 aromatic carbocycles. The van der Waals surface area contributed by atoms with Crippen molar-refractivity contribution < 1.29 is 24.2 Å². The Kier molecular flexibility index (Phi) is 7.70. The van der Waals surface area contributed by atoms with E-state index in [1.807, 2.05) is 0 Å². The van der Waals surface area contributed by atoms with Gasteiger partial charge in [0.15, 0.2) is 0 Å². The highest BCUT2D eigenvalue weighted by Gasteiger charge is 2.18. The molecule has 7 heteroatoms. The average Bonchev–Trinajstić information content (AvgIpc) is 2.22. The van der Waals surface area contributed by atoms with Crippen LogP contribution in [0.25, 0.3) is 0 Å². The van der Waals surface area contributed by atoms with Crippen molar-refractivity contribution in [3.05, 3.63) is 0 Å². The minimum absolute atomic E-state index is 0.00460. The highest BCUT2D eigenvalue weighted by molar-refractivity contribution is 5.86. The maximum absolute atomic E-state index is 11.6. The lowest BCUT2D eigenvalue weighted by molar-refractivity contribution is -0.137. The van der Waals surface area contributed by atoms with E-state index in [0.29, 0.717) is 6.42 Å². The third-order valence-corrected chi connectivity index (χ3v) is 1.89. The zero-order chi connectivity index (χ0) is 13.3. The molecule has 0 unspecified atom stereocenters. The van der Waals surface area contributed by atoms with Crippen LogP contribution in [-0.4, -0.2) is 49.2 Å². The third-order valence-electron chi connectivity index (χ3n) is 1.89. The normalized spacial score (nSPS) is 11.6. The summed E-state index contributed by atoms with van der Waals surface area (Å²) < 4.78 is 4.80. The monoisotopic (exact) mass is 246 g/mol. The van der Waals surface area contributed by atoms with Gasteiger partial charge in [-0.1, -0.05) is 0 Å². The molecule has 7 nitrogen and oxygen atoms in total. The van der Waals surface area contributed by atoms with Gasteiger partial charge in [0.05, 0.1) is 6.61 Å². The first kappa shape index (κ1) is 15.4. The van der Waals surface area contributed by atoms with E-state index in [1.165, 1.54) is 14.0 Å². The first-order valence-electron chi connectivity index (χ1n) is 5.23. The molecule has 0 bridgehead atoms. The molecule has 0 aliphatic carbocycles. The van der Waals surface area contributed by atoms with Crippen LogP contribution >= 0.6 is 0 Å². The quantitative estimate of drug-likeness (QED) is 0.482. The smallest absolute Gasteiger partial charge is 0.303 e. The van der Waals surface area contributed by atoms with Crippen molar-refractivity contribution in [1.29, 1.82) is 0 Å². The Bertz CT molecular complexity index is 280. The van der Waals surface area contributed by atoms with Crippen LogP contribution < -0.4 is 10.6 Å². The molecule has 0 spiro atoms. The first-order valence-corrected chi connectivity index (χ1v) is 5.23. The van der Waals surface area contributed by atoms with Gasteiger partial charge in [-0.15, -0.1) is 0 Å². The van der Waals surface area contributed by atoms with Crippen LogP contribution in [0.1, 0.15) is 19.8 Å². The van der Waals surface area contributed by atoms with Gasteiger partial charge in [-0.3, -0.25) is 14.4 Å². The van der Waals surface area contributed by atoms with E-state index in [4.69, 9.17) is 9.84 Å². The fourth-order valence-electron chi connectivity index (χ4n) is 1.17. The molecule has 0 aliphatic heterocycles.